The maximum absolute atomic E-state index is 12.9. The molecule has 2 N–H and O–H groups in total. The van der Waals surface area contributed by atoms with Gasteiger partial charge in [-0.15, -0.1) is 0 Å². The molecule has 29 heavy (non-hydrogen) atoms. The van der Waals surface area contributed by atoms with E-state index in [4.69, 9.17) is 4.74 Å². The molecule has 0 aliphatic rings. The Morgan fingerprint density at radius 2 is 1.90 bits per heavy atom. The van der Waals surface area contributed by atoms with E-state index < -0.39 is 12.8 Å². The molecule has 0 spiro atoms. The predicted octanol–water partition coefficient (Wildman–Crippen LogP) is 3.29. The Morgan fingerprint density at radius 1 is 1.17 bits per heavy atom. The summed E-state index contributed by atoms with van der Waals surface area (Å²) in [6.45, 7) is 1.17. The van der Waals surface area contributed by atoms with Crippen molar-refractivity contribution in [3.05, 3.63) is 54.0 Å². The molecule has 0 amide bonds. The number of hydrogen-bond donors (Lipinski definition) is 2. The van der Waals surface area contributed by atoms with Gasteiger partial charge >= 0.3 is 6.18 Å². The van der Waals surface area contributed by atoms with E-state index in [0.717, 1.165) is 0 Å². The number of aromatic nitrogens is 1. The molecule has 0 aliphatic carbocycles. The van der Waals surface area contributed by atoms with Gasteiger partial charge in [0.05, 0.1) is 6.54 Å². The van der Waals surface area contributed by atoms with Crippen LogP contribution < -0.4 is 20.1 Å². The van der Waals surface area contributed by atoms with Gasteiger partial charge in [-0.05, 0) is 42.8 Å². The Hall–Kier alpha value is -3.04. The summed E-state index contributed by atoms with van der Waals surface area (Å²) in [5.74, 6) is 0.586. The van der Waals surface area contributed by atoms with Crippen molar-refractivity contribution in [1.29, 1.82) is 0 Å². The zero-order valence-corrected chi connectivity index (χ0v) is 16.0. The van der Waals surface area contributed by atoms with Gasteiger partial charge in [0.25, 0.3) is 0 Å². The number of nitrogens with zero attached hydrogens (tertiary/aromatic N) is 2. The summed E-state index contributed by atoms with van der Waals surface area (Å²) in [5, 5.41) is 6.12. The molecule has 10 heteroatoms. The minimum atomic E-state index is -4.42. The number of guanidine groups is 1. The third kappa shape index (κ3) is 8.67. The Balaban J connectivity index is 1.79. The average molecular weight is 414 g/mol. The summed E-state index contributed by atoms with van der Waals surface area (Å²) in [6, 6.07) is 8.80. The molecular weight excluding hydrogens is 392 g/mol. The van der Waals surface area contributed by atoms with E-state index in [-0.39, 0.29) is 17.8 Å². The molecule has 1 unspecified atom stereocenters. The van der Waals surface area contributed by atoms with Gasteiger partial charge in [-0.3, -0.25) is 4.99 Å². The van der Waals surface area contributed by atoms with Crippen LogP contribution in [-0.2, 0) is 6.54 Å². The van der Waals surface area contributed by atoms with Crippen LogP contribution in [0.5, 0.6) is 11.6 Å². The van der Waals surface area contributed by atoms with Crippen LogP contribution in [-0.4, -0.2) is 43.4 Å². The number of ether oxygens (including phenoxy) is 2. The number of nitrogens with one attached hydrogen (secondary N) is 2. The van der Waals surface area contributed by atoms with Crippen molar-refractivity contribution in [3.63, 3.8) is 0 Å². The second-order valence-electron chi connectivity index (χ2n) is 6.10. The summed E-state index contributed by atoms with van der Waals surface area (Å²) < 4.78 is 59.9. The topological polar surface area (TPSA) is 67.8 Å². The fourth-order valence-corrected chi connectivity index (χ4v) is 2.23. The number of halogens is 4. The fraction of sp³-hybridized carbons (Fsp3) is 0.368. The van der Waals surface area contributed by atoms with Crippen molar-refractivity contribution in [2.45, 2.75) is 25.7 Å². The lowest BCUT2D eigenvalue weighted by Crippen LogP contribution is -2.41. The van der Waals surface area contributed by atoms with E-state index in [2.05, 4.69) is 25.3 Å². The van der Waals surface area contributed by atoms with Crippen LogP contribution in [0.25, 0.3) is 0 Å². The number of pyridine rings is 1. The SMILES string of the molecule is CN=C(NCc1ccnc(OCC(F)(F)F)c1)NCC(C)Oc1ccc(F)cc1. The van der Waals surface area contributed by atoms with Crippen LogP contribution in [0.2, 0.25) is 0 Å². The van der Waals surface area contributed by atoms with Crippen LogP contribution in [0.3, 0.4) is 0 Å². The van der Waals surface area contributed by atoms with Crippen LogP contribution >= 0.6 is 0 Å². The molecular formula is C19H22F4N4O2. The molecule has 0 bridgehead atoms. The van der Waals surface area contributed by atoms with E-state index in [9.17, 15) is 17.6 Å². The van der Waals surface area contributed by atoms with E-state index in [1.165, 1.54) is 24.4 Å². The second-order valence-corrected chi connectivity index (χ2v) is 6.10. The Labute approximate surface area is 166 Å². The van der Waals surface area contributed by atoms with Gasteiger partial charge in [0.2, 0.25) is 5.88 Å². The summed E-state index contributed by atoms with van der Waals surface area (Å²) in [4.78, 5) is 7.84. The lowest BCUT2D eigenvalue weighted by atomic mass is 10.2. The van der Waals surface area contributed by atoms with Gasteiger partial charge < -0.3 is 20.1 Å². The number of alkyl halides is 3. The summed E-state index contributed by atoms with van der Waals surface area (Å²) in [7, 11) is 1.59. The maximum Gasteiger partial charge on any atom is 0.422 e. The van der Waals surface area contributed by atoms with Crippen molar-refractivity contribution in [3.8, 4) is 11.6 Å². The smallest absolute Gasteiger partial charge is 0.422 e. The van der Waals surface area contributed by atoms with Gasteiger partial charge in [0.1, 0.15) is 17.7 Å². The van der Waals surface area contributed by atoms with Crippen LogP contribution in [0.1, 0.15) is 12.5 Å². The monoisotopic (exact) mass is 414 g/mol. The number of rotatable bonds is 8. The standard InChI is InChI=1S/C19H22F4N4O2/c1-13(29-16-5-3-15(20)4-6-16)10-26-18(24-2)27-11-14-7-8-25-17(9-14)28-12-19(21,22)23/h3-9,13H,10-12H2,1-2H3,(H2,24,26,27). The zero-order chi connectivity index (χ0) is 21.3. The number of benzene rings is 1. The maximum atomic E-state index is 12.9. The highest BCUT2D eigenvalue weighted by atomic mass is 19.4. The predicted molar refractivity (Wildman–Crippen MR) is 100 cm³/mol. The van der Waals surface area contributed by atoms with Crippen molar-refractivity contribution in [2.75, 3.05) is 20.2 Å². The lowest BCUT2D eigenvalue weighted by Gasteiger charge is -2.18. The van der Waals surface area contributed by atoms with E-state index in [0.29, 0.717) is 30.4 Å². The lowest BCUT2D eigenvalue weighted by molar-refractivity contribution is -0.154. The Bertz CT molecular complexity index is 798. The first-order chi connectivity index (χ1) is 13.7. The molecule has 2 rings (SSSR count). The molecule has 1 aromatic heterocycles. The highest BCUT2D eigenvalue weighted by Gasteiger charge is 2.28. The minimum absolute atomic E-state index is 0.106. The van der Waals surface area contributed by atoms with Gasteiger partial charge in [-0.25, -0.2) is 9.37 Å². The number of hydrogen-bond acceptors (Lipinski definition) is 4. The quantitative estimate of drug-likeness (QED) is 0.394. The third-order valence-corrected chi connectivity index (χ3v) is 3.57. The van der Waals surface area contributed by atoms with Crippen molar-refractivity contribution >= 4 is 5.96 Å². The fourth-order valence-electron chi connectivity index (χ4n) is 2.23. The average Bonchev–Trinajstić information content (AvgIpc) is 2.68. The highest BCUT2D eigenvalue weighted by molar-refractivity contribution is 5.79. The van der Waals surface area contributed by atoms with Crippen molar-refractivity contribution < 1.29 is 27.0 Å². The molecule has 0 radical (unpaired) electrons. The van der Waals surface area contributed by atoms with E-state index >= 15 is 0 Å². The van der Waals surface area contributed by atoms with Crippen molar-refractivity contribution in [2.24, 2.45) is 4.99 Å². The molecule has 0 aliphatic heterocycles. The first-order valence-corrected chi connectivity index (χ1v) is 8.76. The summed E-state index contributed by atoms with van der Waals surface area (Å²) >= 11 is 0. The highest BCUT2D eigenvalue weighted by Crippen LogP contribution is 2.17. The molecule has 0 saturated carbocycles. The first kappa shape index (κ1) is 22.3. The first-order valence-electron chi connectivity index (χ1n) is 8.76. The molecule has 0 fully saturated rings. The number of aliphatic imine (C=N–C) groups is 1. The second kappa shape index (κ2) is 10.5. The van der Waals surface area contributed by atoms with Gasteiger partial charge in [0.15, 0.2) is 12.6 Å². The van der Waals surface area contributed by atoms with E-state index in [1.807, 2.05) is 6.92 Å². The minimum Gasteiger partial charge on any atom is -0.489 e. The Morgan fingerprint density at radius 3 is 2.55 bits per heavy atom. The van der Waals surface area contributed by atoms with Gasteiger partial charge in [-0.1, -0.05) is 0 Å². The van der Waals surface area contributed by atoms with Gasteiger partial charge in [0, 0.05) is 25.9 Å². The third-order valence-electron chi connectivity index (χ3n) is 3.57. The van der Waals surface area contributed by atoms with Crippen LogP contribution in [0.4, 0.5) is 17.6 Å². The molecule has 1 aromatic carbocycles. The van der Waals surface area contributed by atoms with Crippen LogP contribution in [0.15, 0.2) is 47.6 Å². The molecule has 1 atom stereocenters. The molecule has 6 nitrogen and oxygen atoms in total. The van der Waals surface area contributed by atoms with E-state index in [1.54, 1.807) is 25.2 Å². The zero-order valence-electron chi connectivity index (χ0n) is 16.0. The molecule has 0 saturated heterocycles. The Kier molecular flexibility index (Phi) is 8.05. The molecule has 158 valence electrons. The molecule has 2 aromatic rings. The molecule has 1 heterocycles. The van der Waals surface area contributed by atoms with Gasteiger partial charge in [-0.2, -0.15) is 13.2 Å². The normalized spacial score (nSPS) is 13.0. The summed E-state index contributed by atoms with van der Waals surface area (Å²) in [5.41, 5.74) is 0.677. The largest absolute Gasteiger partial charge is 0.489 e. The summed E-state index contributed by atoms with van der Waals surface area (Å²) in [6.07, 6.45) is -3.27. The van der Waals surface area contributed by atoms with Crippen molar-refractivity contribution in [1.82, 2.24) is 15.6 Å². The van der Waals surface area contributed by atoms with Crippen LogP contribution in [0, 0.1) is 5.82 Å².